The second-order valence-corrected chi connectivity index (χ2v) is 8.07. The molecule has 0 radical (unpaired) electrons. The number of amides is 2. The topological polar surface area (TPSA) is 40.6 Å². The van der Waals surface area contributed by atoms with E-state index in [-0.39, 0.29) is 11.8 Å². The smallest absolute Gasteiger partial charge is 0.282 e. The van der Waals surface area contributed by atoms with Crippen LogP contribution in [0.15, 0.2) is 54.2 Å². The number of carbonyl (C=O) groups excluding carboxylic acids is 2. The lowest BCUT2D eigenvalue weighted by molar-refractivity contribution is -0.120. The predicted octanol–water partition coefficient (Wildman–Crippen LogP) is 4.66. The standard InChI is InChI=1S/C23H23ClN2O2/c1-15-7-6-12-25(14-15)21-20(17-8-4-3-5-9-17)22(27)26(23(21)28)18-11-10-16(2)19(24)13-18/h3-5,8-11,13,15H,6-7,12,14H2,1-2H3. The van der Waals surface area contributed by atoms with Crippen LogP contribution in [-0.4, -0.2) is 29.8 Å². The number of imide groups is 1. The van der Waals surface area contributed by atoms with Crippen LogP contribution in [0.2, 0.25) is 5.02 Å². The van der Waals surface area contributed by atoms with Gasteiger partial charge in [0.15, 0.2) is 0 Å². The molecule has 28 heavy (non-hydrogen) atoms. The minimum absolute atomic E-state index is 0.266. The van der Waals surface area contributed by atoms with Gasteiger partial charge < -0.3 is 4.90 Å². The summed E-state index contributed by atoms with van der Waals surface area (Å²) in [6.45, 7) is 5.66. The van der Waals surface area contributed by atoms with E-state index in [0.717, 1.165) is 37.1 Å². The van der Waals surface area contributed by atoms with Gasteiger partial charge in [-0.25, -0.2) is 4.90 Å². The number of benzene rings is 2. The molecule has 2 aromatic carbocycles. The van der Waals surface area contributed by atoms with Crippen LogP contribution in [0.3, 0.4) is 0 Å². The molecular formula is C23H23ClN2O2. The molecule has 4 rings (SSSR count). The van der Waals surface area contributed by atoms with Crippen molar-refractivity contribution >= 4 is 34.7 Å². The van der Waals surface area contributed by atoms with Crippen LogP contribution >= 0.6 is 11.6 Å². The Labute approximate surface area is 170 Å². The van der Waals surface area contributed by atoms with E-state index < -0.39 is 0 Å². The van der Waals surface area contributed by atoms with Crippen molar-refractivity contribution in [3.8, 4) is 0 Å². The van der Waals surface area contributed by atoms with Gasteiger partial charge in [0.25, 0.3) is 11.8 Å². The normalized spacial score (nSPS) is 20.3. The summed E-state index contributed by atoms with van der Waals surface area (Å²) < 4.78 is 0. The number of nitrogens with zero attached hydrogens (tertiary/aromatic N) is 2. The molecule has 1 unspecified atom stereocenters. The molecule has 144 valence electrons. The summed E-state index contributed by atoms with van der Waals surface area (Å²) in [4.78, 5) is 30.2. The summed E-state index contributed by atoms with van der Waals surface area (Å²) in [7, 11) is 0. The van der Waals surface area contributed by atoms with E-state index in [2.05, 4.69) is 11.8 Å². The summed E-state index contributed by atoms with van der Waals surface area (Å²) in [6.07, 6.45) is 2.16. The number of halogens is 1. The highest BCUT2D eigenvalue weighted by Gasteiger charge is 2.43. The fourth-order valence-electron chi connectivity index (χ4n) is 4.02. The first-order valence-corrected chi connectivity index (χ1v) is 10.0. The van der Waals surface area contributed by atoms with Crippen LogP contribution in [0.4, 0.5) is 5.69 Å². The molecule has 2 aliphatic heterocycles. The van der Waals surface area contributed by atoms with E-state index in [0.29, 0.717) is 27.9 Å². The molecule has 0 aromatic heterocycles. The average Bonchev–Trinajstić information content (AvgIpc) is 2.95. The Balaban J connectivity index is 1.82. The largest absolute Gasteiger partial charge is 0.366 e. The number of aryl methyl sites for hydroxylation is 1. The Morgan fingerprint density at radius 1 is 1.04 bits per heavy atom. The van der Waals surface area contributed by atoms with E-state index >= 15 is 0 Å². The minimum Gasteiger partial charge on any atom is -0.366 e. The van der Waals surface area contributed by atoms with Crippen molar-refractivity contribution in [1.82, 2.24) is 4.90 Å². The van der Waals surface area contributed by atoms with E-state index in [9.17, 15) is 9.59 Å². The van der Waals surface area contributed by atoms with Crippen LogP contribution < -0.4 is 4.90 Å². The number of piperidine rings is 1. The summed E-state index contributed by atoms with van der Waals surface area (Å²) in [5, 5.41) is 0.541. The quantitative estimate of drug-likeness (QED) is 0.710. The monoisotopic (exact) mass is 394 g/mol. The number of anilines is 1. The summed E-state index contributed by atoms with van der Waals surface area (Å²) in [5.74, 6) is -0.0636. The van der Waals surface area contributed by atoms with Crippen LogP contribution in [0.25, 0.3) is 5.57 Å². The zero-order valence-corrected chi connectivity index (χ0v) is 16.9. The number of carbonyl (C=O) groups is 2. The van der Waals surface area contributed by atoms with Gasteiger partial charge in [0.1, 0.15) is 5.70 Å². The molecule has 0 N–H and O–H groups in total. The maximum Gasteiger partial charge on any atom is 0.282 e. The lowest BCUT2D eigenvalue weighted by Crippen LogP contribution is -2.39. The molecule has 2 heterocycles. The van der Waals surface area contributed by atoms with Crippen molar-refractivity contribution < 1.29 is 9.59 Å². The first-order valence-electron chi connectivity index (χ1n) is 9.67. The van der Waals surface area contributed by atoms with Crippen LogP contribution in [0.5, 0.6) is 0 Å². The maximum absolute atomic E-state index is 13.5. The molecule has 5 heteroatoms. The molecule has 2 aliphatic rings. The van der Waals surface area contributed by atoms with Gasteiger partial charge in [0.05, 0.1) is 11.3 Å². The Hall–Kier alpha value is -2.59. The van der Waals surface area contributed by atoms with Gasteiger partial charge in [0.2, 0.25) is 0 Å². The van der Waals surface area contributed by atoms with Crippen molar-refractivity contribution in [1.29, 1.82) is 0 Å². The molecule has 1 fully saturated rings. The molecule has 4 nitrogen and oxygen atoms in total. The first kappa shape index (κ1) is 18.8. The molecule has 2 amide bonds. The maximum atomic E-state index is 13.5. The second kappa shape index (κ2) is 7.44. The van der Waals surface area contributed by atoms with Crippen LogP contribution in [0.1, 0.15) is 30.9 Å². The molecule has 0 aliphatic carbocycles. The first-order chi connectivity index (χ1) is 13.5. The van der Waals surface area contributed by atoms with Crippen LogP contribution in [0, 0.1) is 12.8 Å². The van der Waals surface area contributed by atoms with Gasteiger partial charge in [-0.3, -0.25) is 9.59 Å². The highest BCUT2D eigenvalue weighted by atomic mass is 35.5. The highest BCUT2D eigenvalue weighted by Crippen LogP contribution is 2.37. The number of rotatable bonds is 3. The van der Waals surface area contributed by atoms with Gasteiger partial charge in [-0.05, 0) is 48.9 Å². The van der Waals surface area contributed by atoms with Gasteiger partial charge in [-0.1, -0.05) is 54.9 Å². The number of likely N-dealkylation sites (tertiary alicyclic amines) is 1. The molecule has 1 saturated heterocycles. The Morgan fingerprint density at radius 2 is 1.79 bits per heavy atom. The third kappa shape index (κ3) is 3.22. The van der Waals surface area contributed by atoms with Gasteiger partial charge in [-0.2, -0.15) is 0 Å². The number of hydrogen-bond acceptors (Lipinski definition) is 3. The molecular weight excluding hydrogens is 372 g/mol. The third-order valence-electron chi connectivity index (χ3n) is 5.51. The van der Waals surface area contributed by atoms with Crippen molar-refractivity contribution in [2.75, 3.05) is 18.0 Å². The van der Waals surface area contributed by atoms with E-state index in [4.69, 9.17) is 11.6 Å². The van der Waals surface area contributed by atoms with Crippen molar-refractivity contribution in [2.24, 2.45) is 5.92 Å². The summed E-state index contributed by atoms with van der Waals surface area (Å²) in [5.41, 5.74) is 3.19. The lowest BCUT2D eigenvalue weighted by atomic mass is 9.98. The fraction of sp³-hybridized carbons (Fsp3) is 0.304. The molecule has 0 bridgehead atoms. The predicted molar refractivity (Wildman–Crippen MR) is 112 cm³/mol. The summed E-state index contributed by atoms with van der Waals surface area (Å²) in [6, 6.07) is 14.8. The Bertz CT molecular complexity index is 968. The van der Waals surface area contributed by atoms with Crippen molar-refractivity contribution in [2.45, 2.75) is 26.7 Å². The van der Waals surface area contributed by atoms with Gasteiger partial charge in [-0.15, -0.1) is 0 Å². The molecule has 0 saturated carbocycles. The molecule has 0 spiro atoms. The number of hydrogen-bond donors (Lipinski definition) is 0. The zero-order chi connectivity index (χ0) is 19.8. The fourth-order valence-corrected chi connectivity index (χ4v) is 4.20. The van der Waals surface area contributed by atoms with E-state index in [1.165, 1.54) is 4.90 Å². The second-order valence-electron chi connectivity index (χ2n) is 7.66. The SMILES string of the molecule is Cc1ccc(N2C(=O)C(c3ccccc3)=C(N3CCCC(C)C3)C2=O)cc1Cl. The highest BCUT2D eigenvalue weighted by molar-refractivity contribution is 6.45. The lowest BCUT2D eigenvalue weighted by Gasteiger charge is -2.33. The minimum atomic E-state index is -0.288. The Kier molecular flexibility index (Phi) is 4.98. The molecule has 2 aromatic rings. The molecule has 1 atom stereocenters. The van der Waals surface area contributed by atoms with Crippen molar-refractivity contribution in [3.05, 3.63) is 70.4 Å². The van der Waals surface area contributed by atoms with Crippen LogP contribution in [-0.2, 0) is 9.59 Å². The van der Waals surface area contributed by atoms with E-state index in [1.807, 2.05) is 43.3 Å². The van der Waals surface area contributed by atoms with Gasteiger partial charge in [0, 0.05) is 18.1 Å². The summed E-state index contributed by atoms with van der Waals surface area (Å²) >= 11 is 6.27. The van der Waals surface area contributed by atoms with E-state index in [1.54, 1.807) is 12.1 Å². The third-order valence-corrected chi connectivity index (χ3v) is 5.92. The van der Waals surface area contributed by atoms with Crippen molar-refractivity contribution in [3.63, 3.8) is 0 Å². The van der Waals surface area contributed by atoms with Gasteiger partial charge >= 0.3 is 0 Å². The average molecular weight is 395 g/mol. The zero-order valence-electron chi connectivity index (χ0n) is 16.1. The Morgan fingerprint density at radius 3 is 2.46 bits per heavy atom.